The second-order valence-corrected chi connectivity index (χ2v) is 3.88. The number of hydrogen-bond acceptors (Lipinski definition) is 3. The maximum Gasteiger partial charge on any atom is 0.329 e. The van der Waals surface area contributed by atoms with E-state index in [4.69, 9.17) is 0 Å². The van der Waals surface area contributed by atoms with Crippen molar-refractivity contribution >= 4 is 7.60 Å². The van der Waals surface area contributed by atoms with Crippen LogP contribution in [-0.2, 0) is 33.1 Å². The first kappa shape index (κ1) is 12.4. The Bertz CT molecular complexity index is 87.0. The summed E-state index contributed by atoms with van der Waals surface area (Å²) in [5, 5.41) is 0. The molecule has 0 aromatic carbocycles. The first-order valence-corrected chi connectivity index (χ1v) is 4.12. The summed E-state index contributed by atoms with van der Waals surface area (Å²) in [6.07, 6.45) is 0.431. The maximum atomic E-state index is 10.9. The van der Waals surface area contributed by atoms with Crippen LogP contribution in [0, 0.1) is 0 Å². The zero-order valence-electron chi connectivity index (χ0n) is 6.09. The molecule has 0 aromatic heterocycles. The molecule has 0 heterocycles. The van der Waals surface area contributed by atoms with E-state index >= 15 is 0 Å². The maximum absolute atomic E-state index is 10.9. The minimum atomic E-state index is -2.66. The predicted octanol–water partition coefficient (Wildman–Crippen LogP) is 1.49. The second-order valence-electron chi connectivity index (χ2n) is 1.29. The van der Waals surface area contributed by atoms with Crippen molar-refractivity contribution in [3.63, 3.8) is 0 Å². The van der Waals surface area contributed by atoms with Crippen molar-refractivity contribution in [2.75, 3.05) is 20.4 Å². The van der Waals surface area contributed by atoms with E-state index in [2.05, 4.69) is 9.05 Å². The van der Waals surface area contributed by atoms with Crippen LogP contribution in [0.3, 0.4) is 0 Å². The third-order valence-corrected chi connectivity index (χ3v) is 2.83. The van der Waals surface area contributed by atoms with Crippen LogP contribution >= 0.6 is 7.60 Å². The smallest absolute Gasteiger partial charge is 0.312 e. The quantitative estimate of drug-likeness (QED) is 0.515. The molecule has 0 aliphatic rings. The first-order chi connectivity index (χ1) is 3.68. The molecule has 9 heavy (non-hydrogen) atoms. The van der Waals surface area contributed by atoms with Crippen LogP contribution in [0.1, 0.15) is 6.92 Å². The van der Waals surface area contributed by atoms with Crippen LogP contribution in [0.2, 0.25) is 0 Å². The van der Waals surface area contributed by atoms with E-state index in [1.54, 1.807) is 6.92 Å². The van der Waals surface area contributed by atoms with Crippen molar-refractivity contribution in [3.05, 3.63) is 0 Å². The minimum Gasteiger partial charge on any atom is -0.312 e. The summed E-state index contributed by atoms with van der Waals surface area (Å²) < 4.78 is 20.0. The Labute approximate surface area is 68.4 Å². The van der Waals surface area contributed by atoms with Crippen LogP contribution in [-0.4, -0.2) is 20.4 Å². The van der Waals surface area contributed by atoms with Gasteiger partial charge in [-0.2, -0.15) is 0 Å². The number of hydrogen-bond donors (Lipinski definition) is 0. The molecule has 0 aliphatic heterocycles. The minimum absolute atomic E-state index is 0. The van der Waals surface area contributed by atoms with Gasteiger partial charge in [0.25, 0.3) is 0 Å². The summed E-state index contributed by atoms with van der Waals surface area (Å²) in [6.45, 7) is 1.76. The summed E-state index contributed by atoms with van der Waals surface area (Å²) in [4.78, 5) is 0. The van der Waals surface area contributed by atoms with Gasteiger partial charge in [-0.05, 0) is 0 Å². The van der Waals surface area contributed by atoms with Crippen LogP contribution in [0.25, 0.3) is 0 Å². The Morgan fingerprint density at radius 2 is 1.67 bits per heavy atom. The molecule has 0 fully saturated rings. The van der Waals surface area contributed by atoms with Gasteiger partial charge >= 0.3 is 7.60 Å². The van der Waals surface area contributed by atoms with E-state index in [1.807, 2.05) is 0 Å². The Balaban J connectivity index is 0. The van der Waals surface area contributed by atoms with Gasteiger partial charge in [0.15, 0.2) is 0 Å². The van der Waals surface area contributed by atoms with Gasteiger partial charge in [0.1, 0.15) is 0 Å². The van der Waals surface area contributed by atoms with Gasteiger partial charge in [0.2, 0.25) is 0 Å². The average Bonchev–Trinajstić information content (AvgIpc) is 1.87. The van der Waals surface area contributed by atoms with Gasteiger partial charge in [-0.1, -0.05) is 6.92 Å². The summed E-state index contributed by atoms with van der Waals surface area (Å²) in [7, 11) is 0.103. The molecule has 3 nitrogen and oxygen atoms in total. The Morgan fingerprint density at radius 3 is 1.67 bits per heavy atom. The van der Waals surface area contributed by atoms with Crippen LogP contribution in [0.15, 0.2) is 0 Å². The van der Waals surface area contributed by atoms with Crippen LogP contribution in [0.5, 0.6) is 0 Å². The molecular weight excluding hydrogens is 192 g/mol. The molecule has 0 unspecified atom stereocenters. The Hall–Kier alpha value is 0.773. The molecule has 0 radical (unpaired) electrons. The molecule has 0 saturated heterocycles. The predicted molar refractivity (Wildman–Crippen MR) is 32.2 cm³/mol. The normalized spacial score (nSPS) is 10.6. The average molecular weight is 203 g/mol. The van der Waals surface area contributed by atoms with E-state index in [9.17, 15) is 4.57 Å². The van der Waals surface area contributed by atoms with E-state index in [0.717, 1.165) is 0 Å². The van der Waals surface area contributed by atoms with Crippen molar-refractivity contribution in [1.29, 1.82) is 0 Å². The fourth-order valence-electron chi connectivity index (χ4n) is 0.333. The van der Waals surface area contributed by atoms with E-state index < -0.39 is 7.60 Å². The fraction of sp³-hybridized carbons (Fsp3) is 1.00. The number of rotatable bonds is 3. The third-order valence-electron chi connectivity index (χ3n) is 0.944. The van der Waals surface area contributed by atoms with Crippen molar-refractivity contribution < 1.29 is 33.1 Å². The summed E-state index contributed by atoms with van der Waals surface area (Å²) in [5.74, 6) is 0. The topological polar surface area (TPSA) is 35.5 Å². The third kappa shape index (κ3) is 4.21. The molecule has 0 bridgehead atoms. The molecule has 0 aliphatic carbocycles. The molecule has 0 aromatic rings. The molecule has 0 N–H and O–H groups in total. The first-order valence-electron chi connectivity index (χ1n) is 2.39. The van der Waals surface area contributed by atoms with Gasteiger partial charge in [-0.25, -0.2) is 0 Å². The zero-order chi connectivity index (χ0) is 6.62. The standard InChI is InChI=1S/C4H11O3P.Zn/c1-4-8(5,6-2)7-3;/h4H2,1-3H3;. The summed E-state index contributed by atoms with van der Waals surface area (Å²) in [5.41, 5.74) is 0. The molecule has 5 heteroatoms. The van der Waals surface area contributed by atoms with Gasteiger partial charge in [0.05, 0.1) is 0 Å². The van der Waals surface area contributed by atoms with E-state index in [-0.39, 0.29) is 19.5 Å². The second kappa shape index (κ2) is 5.55. The molecular formula is C4H11O3PZn. The monoisotopic (exact) mass is 202 g/mol. The van der Waals surface area contributed by atoms with E-state index in [1.165, 1.54) is 14.2 Å². The van der Waals surface area contributed by atoms with Crippen molar-refractivity contribution in [3.8, 4) is 0 Å². The fourth-order valence-corrected chi connectivity index (χ4v) is 0.998. The molecule has 0 atom stereocenters. The molecule has 0 spiro atoms. The molecule has 52 valence electrons. The Morgan fingerprint density at radius 1 is 1.33 bits per heavy atom. The van der Waals surface area contributed by atoms with Crippen LogP contribution < -0.4 is 0 Å². The van der Waals surface area contributed by atoms with Crippen LogP contribution in [0.4, 0.5) is 0 Å². The van der Waals surface area contributed by atoms with Gasteiger partial charge in [0, 0.05) is 39.9 Å². The molecule has 0 rings (SSSR count). The Kier molecular flexibility index (Phi) is 7.68. The van der Waals surface area contributed by atoms with Gasteiger partial charge < -0.3 is 9.05 Å². The summed E-state index contributed by atoms with van der Waals surface area (Å²) in [6, 6.07) is 0. The van der Waals surface area contributed by atoms with E-state index in [0.29, 0.717) is 6.16 Å². The van der Waals surface area contributed by atoms with Crippen molar-refractivity contribution in [2.45, 2.75) is 6.92 Å². The molecule has 0 amide bonds. The zero-order valence-corrected chi connectivity index (χ0v) is 9.95. The van der Waals surface area contributed by atoms with Gasteiger partial charge in [-0.15, -0.1) is 0 Å². The van der Waals surface area contributed by atoms with Gasteiger partial charge in [-0.3, -0.25) is 4.57 Å². The van der Waals surface area contributed by atoms with Crippen molar-refractivity contribution in [1.82, 2.24) is 0 Å². The van der Waals surface area contributed by atoms with Crippen molar-refractivity contribution in [2.24, 2.45) is 0 Å². The summed E-state index contributed by atoms with van der Waals surface area (Å²) >= 11 is 0. The molecule has 0 saturated carbocycles. The largest absolute Gasteiger partial charge is 0.329 e. The SMILES string of the molecule is CCP(=O)(OC)OC.[Zn].